The number of nitrogens with one attached hydrogen (secondary N) is 1. The lowest BCUT2D eigenvalue weighted by Gasteiger charge is -2.35. The van der Waals surface area contributed by atoms with Gasteiger partial charge in [0.15, 0.2) is 0 Å². The van der Waals surface area contributed by atoms with Crippen LogP contribution in [0.2, 0.25) is 0 Å². The maximum atomic E-state index is 12.3. The number of hydrogen-bond donors (Lipinski definition) is 2. The lowest BCUT2D eigenvalue weighted by atomic mass is 10.0. The summed E-state index contributed by atoms with van der Waals surface area (Å²) in [6.45, 7) is 10.4. The molecule has 1 amide bonds. The van der Waals surface area contributed by atoms with Gasteiger partial charge in [-0.2, -0.15) is 0 Å². The van der Waals surface area contributed by atoms with Crippen molar-refractivity contribution in [3.05, 3.63) is 35.4 Å². The first-order valence-corrected chi connectivity index (χ1v) is 9.95. The molecule has 1 heterocycles. The molecular formula is C21H33N3O3. The van der Waals surface area contributed by atoms with E-state index in [4.69, 9.17) is 5.11 Å². The van der Waals surface area contributed by atoms with E-state index in [9.17, 15) is 9.59 Å². The van der Waals surface area contributed by atoms with Gasteiger partial charge in [0, 0.05) is 32.7 Å². The van der Waals surface area contributed by atoms with Crippen LogP contribution in [-0.2, 0) is 16.1 Å². The number of carbonyl (C=O) groups is 2. The van der Waals surface area contributed by atoms with Crippen molar-refractivity contribution in [2.75, 3.05) is 32.7 Å². The minimum Gasteiger partial charge on any atom is -0.480 e. The van der Waals surface area contributed by atoms with Crippen LogP contribution in [0.4, 0.5) is 0 Å². The third-order valence-corrected chi connectivity index (χ3v) is 5.15. The molecule has 2 rings (SSSR count). The topological polar surface area (TPSA) is 72.9 Å². The van der Waals surface area contributed by atoms with Crippen LogP contribution in [0.3, 0.4) is 0 Å². The lowest BCUT2D eigenvalue weighted by molar-refractivity contribution is -0.140. The van der Waals surface area contributed by atoms with Crippen LogP contribution in [0.5, 0.6) is 0 Å². The molecule has 27 heavy (non-hydrogen) atoms. The molecule has 2 N–H and O–H groups in total. The van der Waals surface area contributed by atoms with Gasteiger partial charge in [0.25, 0.3) is 0 Å². The molecule has 6 nitrogen and oxygen atoms in total. The van der Waals surface area contributed by atoms with Gasteiger partial charge in [0.2, 0.25) is 5.91 Å². The minimum absolute atomic E-state index is 0.0155. The Labute approximate surface area is 162 Å². The zero-order valence-corrected chi connectivity index (χ0v) is 16.8. The Morgan fingerprint density at radius 2 is 1.74 bits per heavy atom. The van der Waals surface area contributed by atoms with E-state index in [1.807, 2.05) is 11.8 Å². The fourth-order valence-corrected chi connectivity index (χ4v) is 3.35. The number of benzene rings is 1. The van der Waals surface area contributed by atoms with E-state index in [0.29, 0.717) is 25.4 Å². The number of aliphatic carboxylic acids is 1. The van der Waals surface area contributed by atoms with Crippen LogP contribution in [0.1, 0.15) is 50.7 Å². The summed E-state index contributed by atoms with van der Waals surface area (Å²) in [5.41, 5.74) is 2.65. The number of amides is 1. The second-order valence-corrected chi connectivity index (χ2v) is 7.61. The van der Waals surface area contributed by atoms with Gasteiger partial charge in [-0.25, -0.2) is 0 Å². The summed E-state index contributed by atoms with van der Waals surface area (Å²) >= 11 is 0. The molecule has 1 fully saturated rings. The molecule has 1 aromatic carbocycles. The van der Waals surface area contributed by atoms with E-state index in [1.165, 1.54) is 11.1 Å². The van der Waals surface area contributed by atoms with Crippen molar-refractivity contribution in [2.24, 2.45) is 0 Å². The fraction of sp³-hybridized carbons (Fsp3) is 0.619. The van der Waals surface area contributed by atoms with Crippen molar-refractivity contribution >= 4 is 11.9 Å². The average Bonchev–Trinajstić information content (AvgIpc) is 2.65. The predicted molar refractivity (Wildman–Crippen MR) is 107 cm³/mol. The third-order valence-electron chi connectivity index (χ3n) is 5.15. The molecule has 6 heteroatoms. The van der Waals surface area contributed by atoms with Crippen molar-refractivity contribution in [1.82, 2.24) is 15.1 Å². The Morgan fingerprint density at radius 3 is 2.26 bits per heavy atom. The Morgan fingerprint density at radius 1 is 1.11 bits per heavy atom. The molecule has 0 aliphatic carbocycles. The van der Waals surface area contributed by atoms with Gasteiger partial charge in [-0.3, -0.25) is 19.8 Å². The first-order valence-electron chi connectivity index (χ1n) is 9.95. The summed E-state index contributed by atoms with van der Waals surface area (Å²) in [6.07, 6.45) is 1.31. The van der Waals surface area contributed by atoms with Gasteiger partial charge in [-0.15, -0.1) is 0 Å². The van der Waals surface area contributed by atoms with Crippen LogP contribution in [0.15, 0.2) is 24.3 Å². The molecule has 1 aromatic rings. The number of carboxylic acids is 1. The van der Waals surface area contributed by atoms with Crippen LogP contribution in [-0.4, -0.2) is 65.5 Å². The maximum absolute atomic E-state index is 12.3. The standard InChI is InChI=1S/C21H33N3O3/c1-4-5-19(21(26)27)22-14-20(25)24-12-10-23(11-13-24)15-17-6-8-18(9-7-17)16(2)3/h6-9,16,19,22H,4-5,10-15H2,1-3H3,(H,26,27). The van der Waals surface area contributed by atoms with E-state index in [1.54, 1.807) is 0 Å². The molecule has 0 bridgehead atoms. The Balaban J connectivity index is 1.75. The molecule has 1 aliphatic heterocycles. The third kappa shape index (κ3) is 6.63. The SMILES string of the molecule is CCCC(NCC(=O)N1CCN(Cc2ccc(C(C)C)cc2)CC1)C(=O)O. The highest BCUT2D eigenvalue weighted by Crippen LogP contribution is 2.16. The second-order valence-electron chi connectivity index (χ2n) is 7.61. The second kappa shape index (κ2) is 10.4. The molecule has 0 saturated carbocycles. The molecular weight excluding hydrogens is 342 g/mol. The van der Waals surface area contributed by atoms with Crippen LogP contribution < -0.4 is 5.32 Å². The molecule has 1 saturated heterocycles. The van der Waals surface area contributed by atoms with Gasteiger partial charge in [-0.1, -0.05) is 51.5 Å². The largest absolute Gasteiger partial charge is 0.480 e. The van der Waals surface area contributed by atoms with Gasteiger partial charge in [0.05, 0.1) is 6.54 Å². The van der Waals surface area contributed by atoms with Crippen LogP contribution >= 0.6 is 0 Å². The first-order chi connectivity index (χ1) is 12.9. The van der Waals surface area contributed by atoms with Gasteiger partial charge >= 0.3 is 5.97 Å². The summed E-state index contributed by atoms with van der Waals surface area (Å²) in [5, 5.41) is 12.0. The van der Waals surface area contributed by atoms with Crippen molar-refractivity contribution in [3.8, 4) is 0 Å². The molecule has 0 radical (unpaired) electrons. The maximum Gasteiger partial charge on any atom is 0.320 e. The average molecular weight is 376 g/mol. The zero-order chi connectivity index (χ0) is 19.8. The Hall–Kier alpha value is -1.92. The smallest absolute Gasteiger partial charge is 0.320 e. The number of nitrogens with zero attached hydrogens (tertiary/aromatic N) is 2. The number of rotatable bonds is 9. The van der Waals surface area contributed by atoms with Crippen LogP contribution in [0.25, 0.3) is 0 Å². The summed E-state index contributed by atoms with van der Waals surface area (Å²) in [5.74, 6) is -0.364. The van der Waals surface area contributed by atoms with E-state index in [2.05, 4.69) is 48.3 Å². The van der Waals surface area contributed by atoms with Gasteiger partial charge in [0.1, 0.15) is 6.04 Å². The monoisotopic (exact) mass is 375 g/mol. The molecule has 1 atom stereocenters. The summed E-state index contributed by atoms with van der Waals surface area (Å²) < 4.78 is 0. The Kier molecular flexibility index (Phi) is 8.25. The van der Waals surface area contributed by atoms with Crippen molar-refractivity contribution in [2.45, 2.75) is 52.1 Å². The van der Waals surface area contributed by atoms with E-state index in [0.717, 1.165) is 26.1 Å². The van der Waals surface area contributed by atoms with E-state index < -0.39 is 12.0 Å². The Bertz CT molecular complexity index is 608. The number of carbonyl (C=O) groups excluding carboxylic acids is 1. The summed E-state index contributed by atoms with van der Waals surface area (Å²) in [4.78, 5) is 27.7. The summed E-state index contributed by atoms with van der Waals surface area (Å²) in [6, 6.07) is 8.13. The molecule has 1 unspecified atom stereocenters. The lowest BCUT2D eigenvalue weighted by Crippen LogP contribution is -2.51. The zero-order valence-electron chi connectivity index (χ0n) is 16.8. The highest BCUT2D eigenvalue weighted by Gasteiger charge is 2.23. The quantitative estimate of drug-likeness (QED) is 0.693. The predicted octanol–water partition coefficient (Wildman–Crippen LogP) is 2.30. The number of hydrogen-bond acceptors (Lipinski definition) is 4. The highest BCUT2D eigenvalue weighted by atomic mass is 16.4. The normalized spacial score (nSPS) is 16.5. The van der Waals surface area contributed by atoms with Crippen LogP contribution in [0, 0.1) is 0 Å². The van der Waals surface area contributed by atoms with Gasteiger partial charge in [-0.05, 0) is 23.5 Å². The van der Waals surface area contributed by atoms with E-state index in [-0.39, 0.29) is 12.5 Å². The van der Waals surface area contributed by atoms with Crippen molar-refractivity contribution < 1.29 is 14.7 Å². The molecule has 0 aromatic heterocycles. The molecule has 1 aliphatic rings. The number of piperazine rings is 1. The minimum atomic E-state index is -0.891. The van der Waals surface area contributed by atoms with Gasteiger partial charge < -0.3 is 10.0 Å². The van der Waals surface area contributed by atoms with E-state index >= 15 is 0 Å². The number of carboxylic acid groups (broad SMARTS) is 1. The fourth-order valence-electron chi connectivity index (χ4n) is 3.35. The molecule has 150 valence electrons. The first kappa shape index (κ1) is 21.4. The summed E-state index contributed by atoms with van der Waals surface area (Å²) in [7, 11) is 0. The highest BCUT2D eigenvalue weighted by molar-refractivity contribution is 5.80. The van der Waals surface area contributed by atoms with Crippen molar-refractivity contribution in [3.63, 3.8) is 0 Å². The van der Waals surface area contributed by atoms with Crippen molar-refractivity contribution in [1.29, 1.82) is 0 Å². The molecule has 0 spiro atoms.